The summed E-state index contributed by atoms with van der Waals surface area (Å²) in [5.74, 6) is 0. The second-order valence-corrected chi connectivity index (χ2v) is 4.66. The van der Waals surface area contributed by atoms with Crippen LogP contribution in [0.3, 0.4) is 0 Å². The Hall–Kier alpha value is -0.840. The highest BCUT2D eigenvalue weighted by atomic mass is 32.2. The molecule has 1 aliphatic heterocycles. The Morgan fingerprint density at radius 1 is 1.31 bits per heavy atom. The lowest BCUT2D eigenvalue weighted by Gasteiger charge is -2.15. The van der Waals surface area contributed by atoms with Crippen LogP contribution in [-0.4, -0.2) is 30.0 Å². The van der Waals surface area contributed by atoms with Crippen LogP contribution in [0, 0.1) is 0 Å². The lowest BCUT2D eigenvalue weighted by Crippen LogP contribution is -2.31. The fourth-order valence-electron chi connectivity index (χ4n) is 1.32. The molecule has 0 aromatic carbocycles. The largest absolute Gasteiger partial charge is 0.466 e. The van der Waals surface area contributed by atoms with Crippen molar-refractivity contribution >= 4 is 10.5 Å². The number of nitrogens with zero attached hydrogens (tertiary/aromatic N) is 2. The van der Waals surface area contributed by atoms with Crippen molar-refractivity contribution in [1.29, 1.82) is 0 Å². The molecule has 5 heteroatoms. The summed E-state index contributed by atoms with van der Waals surface area (Å²) < 4.78 is 22.7. The molecule has 0 saturated carbocycles. The molecule has 1 rings (SSSR count). The van der Waals surface area contributed by atoms with E-state index in [9.17, 15) is 8.42 Å². The van der Waals surface area contributed by atoms with E-state index in [4.69, 9.17) is 0 Å². The zero-order valence-corrected chi connectivity index (χ0v) is 11.5. The van der Waals surface area contributed by atoms with Crippen LogP contribution >= 0.6 is 0 Å². The van der Waals surface area contributed by atoms with Gasteiger partial charge in [0.25, 0.3) is 0 Å². The summed E-state index contributed by atoms with van der Waals surface area (Å²) in [5, 5.41) is 0. The molecule has 4 nitrogen and oxygen atoms in total. The van der Waals surface area contributed by atoms with E-state index in [1.807, 2.05) is 18.0 Å². The Morgan fingerprint density at radius 2 is 1.88 bits per heavy atom. The van der Waals surface area contributed by atoms with Gasteiger partial charge in [0, 0.05) is 13.5 Å². The molecule has 0 aliphatic carbocycles. The normalized spacial score (nSPS) is 18.4. The maximum Gasteiger partial charge on any atom is 0.466 e. The van der Waals surface area contributed by atoms with Gasteiger partial charge >= 0.3 is 10.5 Å². The first-order valence-corrected chi connectivity index (χ1v) is 6.93. The molecule has 0 saturated heterocycles. The van der Waals surface area contributed by atoms with Gasteiger partial charge in [-0.3, -0.25) is 0 Å². The van der Waals surface area contributed by atoms with E-state index >= 15 is 0 Å². The van der Waals surface area contributed by atoms with Crippen molar-refractivity contribution in [3.63, 3.8) is 0 Å². The van der Waals surface area contributed by atoms with E-state index in [-0.39, 0.29) is 6.17 Å². The van der Waals surface area contributed by atoms with E-state index in [0.717, 1.165) is 19.4 Å². The first-order valence-electron chi connectivity index (χ1n) is 5.90. The van der Waals surface area contributed by atoms with Gasteiger partial charge in [0.1, 0.15) is 0 Å². The van der Waals surface area contributed by atoms with E-state index < -0.39 is 10.5 Å². The van der Waals surface area contributed by atoms with E-state index in [1.165, 1.54) is 10.4 Å². The van der Waals surface area contributed by atoms with Crippen LogP contribution in [0.25, 0.3) is 0 Å². The van der Waals surface area contributed by atoms with Gasteiger partial charge in [-0.25, -0.2) is 0 Å². The van der Waals surface area contributed by atoms with Crippen molar-refractivity contribution in [2.75, 3.05) is 6.54 Å². The molecule has 1 heterocycles. The molecule has 1 aliphatic rings. The van der Waals surface area contributed by atoms with Crippen molar-refractivity contribution in [3.05, 3.63) is 12.4 Å². The summed E-state index contributed by atoms with van der Waals surface area (Å²) in [6.07, 6.45) is 6.83. The molecule has 1 atom stereocenters. The molecule has 0 fully saturated rings. The highest BCUT2D eigenvalue weighted by molar-refractivity contribution is 7.59. The highest BCUT2D eigenvalue weighted by Gasteiger charge is 2.27. The van der Waals surface area contributed by atoms with Crippen LogP contribution in [0.2, 0.25) is 0 Å². The van der Waals surface area contributed by atoms with Crippen molar-refractivity contribution in [1.82, 2.24) is 4.90 Å². The number of hydrogen-bond donors (Lipinski definition) is 0. The molecule has 16 heavy (non-hydrogen) atoms. The highest BCUT2D eigenvalue weighted by Crippen LogP contribution is 2.11. The van der Waals surface area contributed by atoms with E-state index in [0.29, 0.717) is 0 Å². The monoisotopic (exact) mass is 247 g/mol. The number of hydrogen-bond acceptors (Lipinski definition) is 3. The minimum absolute atomic E-state index is 0.0649. The standard InChI is InChI=1S/C8H15N2O2S.C3H8/c1-3-4-5-9-6-7-10(8(9)2)13(11)12;1-3-2/h6-8H,3-5H2,1-2H3;3H2,1-2H3/q+1;. The molecule has 1 unspecified atom stereocenters. The minimum atomic E-state index is -2.14. The Kier molecular flexibility index (Phi) is 7.89. The van der Waals surface area contributed by atoms with Gasteiger partial charge in [-0.2, -0.15) is 0 Å². The fourth-order valence-corrected chi connectivity index (χ4v) is 1.85. The van der Waals surface area contributed by atoms with Gasteiger partial charge in [0.05, 0.1) is 6.20 Å². The van der Waals surface area contributed by atoms with E-state index in [2.05, 4.69) is 20.8 Å². The number of rotatable bonds is 3. The zero-order chi connectivity index (χ0) is 12.6. The first kappa shape index (κ1) is 15.2. The smallest absolute Gasteiger partial charge is 0.314 e. The Bertz CT molecular complexity index is 339. The van der Waals surface area contributed by atoms with Gasteiger partial charge in [0.2, 0.25) is 12.4 Å². The summed E-state index contributed by atoms with van der Waals surface area (Å²) >= 11 is 0. The zero-order valence-electron chi connectivity index (χ0n) is 10.7. The average Bonchev–Trinajstić information content (AvgIpc) is 2.58. The summed E-state index contributed by atoms with van der Waals surface area (Å²) in [6, 6.07) is 0. The molecule has 0 amide bonds. The summed E-state index contributed by atoms with van der Waals surface area (Å²) in [4.78, 5) is 2.03. The predicted molar refractivity (Wildman–Crippen MR) is 65.4 cm³/mol. The molecular formula is C11H23N2O2S+. The van der Waals surface area contributed by atoms with Crippen LogP contribution < -0.4 is 0 Å². The molecule has 0 aromatic rings. The second kappa shape index (κ2) is 8.33. The van der Waals surface area contributed by atoms with Crippen LogP contribution in [0.4, 0.5) is 0 Å². The molecule has 0 N–H and O–H groups in total. The molecule has 94 valence electrons. The van der Waals surface area contributed by atoms with Crippen LogP contribution in [-0.2, 0) is 10.5 Å². The molecule has 0 aromatic heterocycles. The van der Waals surface area contributed by atoms with Crippen molar-refractivity contribution in [2.45, 2.75) is 53.1 Å². The Morgan fingerprint density at radius 3 is 2.25 bits per heavy atom. The lowest BCUT2D eigenvalue weighted by atomic mass is 10.3. The Labute approximate surface area is 100 Å². The third kappa shape index (κ3) is 4.79. The Balaban J connectivity index is 0.000000673. The topological polar surface area (TPSA) is 40.4 Å². The van der Waals surface area contributed by atoms with E-state index in [1.54, 1.807) is 6.20 Å². The predicted octanol–water partition coefficient (Wildman–Crippen LogP) is 2.41. The fraction of sp³-hybridized carbons (Fsp3) is 0.818. The van der Waals surface area contributed by atoms with Crippen LogP contribution in [0.15, 0.2) is 12.4 Å². The number of unbranched alkanes of at least 4 members (excludes halogenated alkanes) is 1. The van der Waals surface area contributed by atoms with Crippen molar-refractivity contribution in [2.24, 2.45) is 0 Å². The average molecular weight is 247 g/mol. The molecule has 0 spiro atoms. The maximum absolute atomic E-state index is 10.7. The quantitative estimate of drug-likeness (QED) is 0.719. The molecular weight excluding hydrogens is 224 g/mol. The molecule has 0 bridgehead atoms. The second-order valence-electron chi connectivity index (χ2n) is 3.81. The van der Waals surface area contributed by atoms with Gasteiger partial charge in [-0.15, -0.1) is 8.42 Å². The lowest BCUT2D eigenvalue weighted by molar-refractivity contribution is -0.482. The van der Waals surface area contributed by atoms with Crippen LogP contribution in [0.1, 0.15) is 47.0 Å². The minimum Gasteiger partial charge on any atom is -0.314 e. The molecule has 0 radical (unpaired) electrons. The summed E-state index contributed by atoms with van der Waals surface area (Å²) in [6.45, 7) is 9.17. The third-order valence-corrected chi connectivity index (χ3v) is 2.97. The van der Waals surface area contributed by atoms with Gasteiger partial charge < -0.3 is 4.90 Å². The SMILES string of the molecule is CCC.CCCCN1C=C[N+](=S(=O)=O)C1C. The van der Waals surface area contributed by atoms with Crippen molar-refractivity contribution < 1.29 is 12.4 Å². The van der Waals surface area contributed by atoms with Crippen molar-refractivity contribution in [3.8, 4) is 0 Å². The van der Waals surface area contributed by atoms with Gasteiger partial charge in [0.15, 0.2) is 0 Å². The van der Waals surface area contributed by atoms with Crippen LogP contribution in [0.5, 0.6) is 0 Å². The van der Waals surface area contributed by atoms with Gasteiger partial charge in [-0.1, -0.05) is 37.6 Å². The first-order chi connectivity index (χ1) is 7.58. The summed E-state index contributed by atoms with van der Waals surface area (Å²) in [7, 11) is -2.14. The summed E-state index contributed by atoms with van der Waals surface area (Å²) in [5.41, 5.74) is 0. The third-order valence-electron chi connectivity index (χ3n) is 2.20. The van der Waals surface area contributed by atoms with Gasteiger partial charge in [-0.05, 0) is 6.42 Å². The maximum atomic E-state index is 10.7.